The molecule has 4 rings (SSSR count). The summed E-state index contributed by atoms with van der Waals surface area (Å²) in [7, 11) is 1.29. The Kier molecular flexibility index (Phi) is 12.5. The van der Waals surface area contributed by atoms with Crippen LogP contribution in [0.2, 0.25) is 0 Å². The fourth-order valence-corrected chi connectivity index (χ4v) is 8.70. The van der Waals surface area contributed by atoms with E-state index in [2.05, 4.69) is 27.2 Å². The Hall–Kier alpha value is -1.92. The first-order valence-electron chi connectivity index (χ1n) is 16.0. The van der Waals surface area contributed by atoms with Gasteiger partial charge in [-0.2, -0.15) is 0 Å². The van der Waals surface area contributed by atoms with Gasteiger partial charge in [0.05, 0.1) is 25.3 Å². The largest absolute Gasteiger partial charge is 0.598 e. The number of benzene rings is 1. The highest BCUT2D eigenvalue weighted by Gasteiger charge is 2.43. The van der Waals surface area contributed by atoms with Crippen LogP contribution in [0.25, 0.3) is 0 Å². The molecule has 242 valence electrons. The van der Waals surface area contributed by atoms with Crippen molar-refractivity contribution in [1.29, 1.82) is 0 Å². The summed E-state index contributed by atoms with van der Waals surface area (Å²) < 4.78 is 39.9. The lowest BCUT2D eigenvalue weighted by molar-refractivity contribution is -0.126. The lowest BCUT2D eigenvalue weighted by Gasteiger charge is -2.42. The summed E-state index contributed by atoms with van der Waals surface area (Å²) in [5, 5.41) is 9.63. The standard InChI is InChI=1S/C32H51FN4O5S/c1-5-19-43(40)37-17-16-34-21-26(37)14-11-22-7-6-8-27(22)35-30(38)29(36-31(39)41-4)28(23-9-12-25(33)13-10-23)24-15-18-42-32(2,3)20-24/h9-10,12-13,22,24,26-29,34H,5-8,11,14-21H2,1-4H3,(H,35,38)(H,36,39)/t22-,24?,26+,27+,28?,29+,43?/m1/s1. The molecule has 0 spiro atoms. The van der Waals surface area contributed by atoms with Crippen LogP contribution in [0.15, 0.2) is 24.3 Å². The van der Waals surface area contributed by atoms with E-state index in [9.17, 15) is 18.5 Å². The van der Waals surface area contributed by atoms with Gasteiger partial charge in [0.15, 0.2) is 0 Å². The van der Waals surface area contributed by atoms with Crippen LogP contribution >= 0.6 is 0 Å². The molecule has 1 aromatic carbocycles. The van der Waals surface area contributed by atoms with Crippen molar-refractivity contribution in [3.8, 4) is 0 Å². The van der Waals surface area contributed by atoms with Crippen LogP contribution in [0, 0.1) is 17.7 Å². The van der Waals surface area contributed by atoms with Crippen molar-refractivity contribution in [3.63, 3.8) is 0 Å². The molecule has 1 saturated carbocycles. The molecule has 0 radical (unpaired) electrons. The molecular formula is C32H51FN4O5S. The number of methoxy groups -OCH3 is 1. The van der Waals surface area contributed by atoms with E-state index in [0.29, 0.717) is 24.7 Å². The van der Waals surface area contributed by atoms with Gasteiger partial charge in [-0.15, -0.1) is 4.31 Å². The molecule has 2 saturated heterocycles. The monoisotopic (exact) mass is 622 g/mol. The number of alkyl carbamates (subject to hydrolysis) is 1. The van der Waals surface area contributed by atoms with Crippen LogP contribution < -0.4 is 16.0 Å². The number of nitrogens with one attached hydrogen (secondary N) is 3. The number of nitrogens with zero attached hydrogens (tertiary/aromatic N) is 1. The van der Waals surface area contributed by atoms with Crippen molar-refractivity contribution in [2.24, 2.45) is 11.8 Å². The highest BCUT2D eigenvalue weighted by molar-refractivity contribution is 7.89. The van der Waals surface area contributed by atoms with E-state index in [1.807, 2.05) is 13.8 Å². The third-order valence-electron chi connectivity index (χ3n) is 9.39. The summed E-state index contributed by atoms with van der Waals surface area (Å²) in [4.78, 5) is 26.8. The molecule has 3 fully saturated rings. The Labute approximate surface area is 259 Å². The molecule has 2 heterocycles. The second-order valence-corrected chi connectivity index (χ2v) is 14.5. The average molecular weight is 623 g/mol. The molecule has 3 N–H and O–H groups in total. The number of carbonyl (C=O) groups excluding carboxylic acids is 2. The Morgan fingerprint density at radius 1 is 1.23 bits per heavy atom. The van der Waals surface area contributed by atoms with Gasteiger partial charge >= 0.3 is 6.09 Å². The smallest absolute Gasteiger partial charge is 0.407 e. The van der Waals surface area contributed by atoms with Crippen LogP contribution in [-0.2, 0) is 25.6 Å². The summed E-state index contributed by atoms with van der Waals surface area (Å²) in [5.74, 6) is 0.0275. The number of hydrogen-bond acceptors (Lipinski definition) is 7. The Balaban J connectivity index is 1.51. The van der Waals surface area contributed by atoms with Crippen LogP contribution in [0.4, 0.5) is 9.18 Å². The molecular weight excluding hydrogens is 571 g/mol. The Morgan fingerprint density at radius 3 is 2.70 bits per heavy atom. The lowest BCUT2D eigenvalue weighted by atomic mass is 9.73. The second kappa shape index (κ2) is 15.9. The third kappa shape index (κ3) is 9.29. The predicted molar refractivity (Wildman–Crippen MR) is 166 cm³/mol. The number of hydrogen-bond donors (Lipinski definition) is 3. The second-order valence-electron chi connectivity index (χ2n) is 13.0. The zero-order valence-electron chi connectivity index (χ0n) is 26.2. The van der Waals surface area contributed by atoms with Crippen LogP contribution in [0.1, 0.15) is 83.6 Å². The van der Waals surface area contributed by atoms with Gasteiger partial charge in [-0.05, 0) is 88.3 Å². The van der Waals surface area contributed by atoms with E-state index in [0.717, 1.165) is 70.1 Å². The van der Waals surface area contributed by atoms with Crippen LogP contribution in [-0.4, -0.2) is 83.7 Å². The molecule has 0 bridgehead atoms. The Morgan fingerprint density at radius 2 is 2.00 bits per heavy atom. The van der Waals surface area contributed by atoms with Gasteiger partial charge < -0.3 is 30.0 Å². The van der Waals surface area contributed by atoms with E-state index in [1.165, 1.54) is 19.2 Å². The first-order valence-corrected chi connectivity index (χ1v) is 17.3. The first kappa shape index (κ1) is 34.0. The molecule has 1 aromatic rings. The van der Waals surface area contributed by atoms with Crippen molar-refractivity contribution in [2.75, 3.05) is 39.1 Å². The topological polar surface area (TPSA) is 115 Å². The summed E-state index contributed by atoms with van der Waals surface area (Å²) >= 11 is -0.965. The normalized spacial score (nSPS) is 28.0. The minimum Gasteiger partial charge on any atom is -0.598 e. The van der Waals surface area contributed by atoms with Crippen LogP contribution in [0.5, 0.6) is 0 Å². The minimum atomic E-state index is -0.965. The average Bonchev–Trinajstić information content (AvgIpc) is 3.42. The summed E-state index contributed by atoms with van der Waals surface area (Å²) in [5.41, 5.74) is 0.417. The van der Waals surface area contributed by atoms with E-state index in [4.69, 9.17) is 9.47 Å². The first-order chi connectivity index (χ1) is 20.6. The fourth-order valence-electron chi connectivity index (χ4n) is 7.31. The number of halogens is 1. The minimum absolute atomic E-state index is 0.0133. The zero-order valence-corrected chi connectivity index (χ0v) is 27.1. The van der Waals surface area contributed by atoms with Gasteiger partial charge in [-0.3, -0.25) is 4.79 Å². The van der Waals surface area contributed by atoms with Gasteiger partial charge in [-0.25, -0.2) is 9.18 Å². The predicted octanol–water partition coefficient (Wildman–Crippen LogP) is 4.25. The molecule has 2 amide bonds. The van der Waals surface area contributed by atoms with Crippen molar-refractivity contribution in [1.82, 2.24) is 20.3 Å². The van der Waals surface area contributed by atoms with Gasteiger partial charge in [0, 0.05) is 43.0 Å². The van der Waals surface area contributed by atoms with Crippen molar-refractivity contribution in [3.05, 3.63) is 35.6 Å². The summed E-state index contributed by atoms with van der Waals surface area (Å²) in [6.45, 7) is 9.14. The van der Waals surface area contributed by atoms with Gasteiger partial charge in [0.1, 0.15) is 17.6 Å². The van der Waals surface area contributed by atoms with E-state index in [1.54, 1.807) is 12.1 Å². The SMILES string of the molecule is CCC[S+]([O-])N1CCNC[C@@H]1CC[C@H]1CCC[C@@H]1NC(=O)[C@@H](NC(=O)OC)C(c1ccc(F)cc1)C1CCOC(C)(C)C1. The van der Waals surface area contributed by atoms with E-state index >= 15 is 0 Å². The lowest BCUT2D eigenvalue weighted by Crippen LogP contribution is -2.55. The quantitative estimate of drug-likeness (QED) is 0.299. The third-order valence-corrected chi connectivity index (χ3v) is 11.2. The number of ether oxygens (including phenoxy) is 2. The molecule has 1 aliphatic carbocycles. The Bertz CT molecular complexity index is 1050. The maximum Gasteiger partial charge on any atom is 0.407 e. The highest BCUT2D eigenvalue weighted by atomic mass is 32.2. The molecule has 2 aliphatic heterocycles. The molecule has 43 heavy (non-hydrogen) atoms. The van der Waals surface area contributed by atoms with Gasteiger partial charge in [0.2, 0.25) is 5.91 Å². The number of rotatable bonds is 12. The summed E-state index contributed by atoms with van der Waals surface area (Å²) in [6.07, 6.45) is 6.40. The highest BCUT2D eigenvalue weighted by Crippen LogP contribution is 2.41. The molecule has 11 heteroatoms. The zero-order chi connectivity index (χ0) is 31.0. The van der Waals surface area contributed by atoms with E-state index < -0.39 is 29.4 Å². The van der Waals surface area contributed by atoms with Crippen molar-refractivity contribution >= 4 is 23.4 Å². The molecule has 9 nitrogen and oxygen atoms in total. The number of amides is 2. The van der Waals surface area contributed by atoms with Crippen LogP contribution in [0.3, 0.4) is 0 Å². The number of carbonyl (C=O) groups is 2. The maximum atomic E-state index is 14.2. The van der Waals surface area contributed by atoms with E-state index in [-0.39, 0.29) is 35.3 Å². The van der Waals surface area contributed by atoms with Crippen molar-refractivity contribution in [2.45, 2.75) is 102 Å². The maximum absolute atomic E-state index is 14.2. The molecule has 3 unspecified atom stereocenters. The molecule has 0 aromatic heterocycles. The molecule has 3 aliphatic rings. The number of piperazine rings is 1. The fraction of sp³-hybridized carbons (Fsp3) is 0.750. The van der Waals surface area contributed by atoms with Crippen molar-refractivity contribution < 1.29 is 28.0 Å². The molecule has 7 atom stereocenters. The van der Waals surface area contributed by atoms with Gasteiger partial charge in [0.25, 0.3) is 0 Å². The summed E-state index contributed by atoms with van der Waals surface area (Å²) in [6, 6.07) is 5.55. The van der Waals surface area contributed by atoms with Gasteiger partial charge in [-0.1, -0.05) is 25.5 Å².